The van der Waals surface area contributed by atoms with Crippen LogP contribution in [0.25, 0.3) is 0 Å². The molecule has 0 saturated heterocycles. The van der Waals surface area contributed by atoms with Crippen LogP contribution in [0.5, 0.6) is 28.7 Å². The Balaban J connectivity index is 1.44. The molecule has 0 spiro atoms. The first-order valence-corrected chi connectivity index (χ1v) is 11.9. The van der Waals surface area contributed by atoms with E-state index in [0.29, 0.717) is 63.3 Å². The average Bonchev–Trinajstić information content (AvgIpc) is 2.85. The van der Waals surface area contributed by atoms with E-state index in [0.717, 1.165) is 5.56 Å². The fourth-order valence-corrected chi connectivity index (χ4v) is 3.75. The summed E-state index contributed by atoms with van der Waals surface area (Å²) in [5.41, 5.74) is 0.956. The molecule has 0 aromatic heterocycles. The van der Waals surface area contributed by atoms with Gasteiger partial charge in [0.2, 0.25) is 0 Å². The van der Waals surface area contributed by atoms with Gasteiger partial charge in [-0.3, -0.25) is 4.79 Å². The maximum Gasteiger partial charge on any atom is 0.306 e. The van der Waals surface area contributed by atoms with Crippen LogP contribution in [-0.4, -0.2) is 33.4 Å². The zero-order valence-electron chi connectivity index (χ0n) is 19.3. The van der Waals surface area contributed by atoms with Crippen LogP contribution in [0.2, 0.25) is 15.1 Å². The minimum atomic E-state index is -0.288. The van der Waals surface area contributed by atoms with Crippen molar-refractivity contribution >= 4 is 40.8 Å². The highest BCUT2D eigenvalue weighted by Crippen LogP contribution is 2.37. The summed E-state index contributed by atoms with van der Waals surface area (Å²) < 4.78 is 27.5. The molecule has 0 saturated carbocycles. The standard InChI is InChI=1S/C26H25Cl3O6/c1-31-22-8-4-17(14-24(22)32-2)5-11-26(30)34-13-3-12-33-25-16-19(28)7-10-23(25)35-21-9-6-18(27)15-20(21)29/h4,6-10,14-16H,3,5,11-13H2,1-2H3. The van der Waals surface area contributed by atoms with Crippen molar-refractivity contribution in [2.24, 2.45) is 0 Å². The predicted molar refractivity (Wildman–Crippen MR) is 137 cm³/mol. The van der Waals surface area contributed by atoms with Gasteiger partial charge >= 0.3 is 5.97 Å². The van der Waals surface area contributed by atoms with Gasteiger partial charge in [-0.15, -0.1) is 0 Å². The fraction of sp³-hybridized carbons (Fsp3) is 0.269. The van der Waals surface area contributed by atoms with E-state index in [2.05, 4.69) is 0 Å². The number of hydrogen-bond donors (Lipinski definition) is 0. The van der Waals surface area contributed by atoms with Gasteiger partial charge in [0.1, 0.15) is 5.75 Å². The number of benzene rings is 3. The highest BCUT2D eigenvalue weighted by molar-refractivity contribution is 6.35. The molecule has 0 aliphatic rings. The minimum absolute atomic E-state index is 0.227. The molecule has 0 heterocycles. The minimum Gasteiger partial charge on any atom is -0.493 e. The first-order chi connectivity index (χ1) is 16.9. The zero-order chi connectivity index (χ0) is 25.2. The van der Waals surface area contributed by atoms with Crippen molar-refractivity contribution in [3.05, 3.63) is 75.2 Å². The predicted octanol–water partition coefficient (Wildman–Crippen LogP) is 7.40. The van der Waals surface area contributed by atoms with Gasteiger partial charge in [-0.2, -0.15) is 0 Å². The number of methoxy groups -OCH3 is 2. The van der Waals surface area contributed by atoms with Crippen molar-refractivity contribution in [2.75, 3.05) is 27.4 Å². The summed E-state index contributed by atoms with van der Waals surface area (Å²) in [7, 11) is 3.15. The Hall–Kier alpha value is -2.80. The Kier molecular flexibility index (Phi) is 10.2. The smallest absolute Gasteiger partial charge is 0.306 e. The molecule has 3 aromatic carbocycles. The van der Waals surface area contributed by atoms with Gasteiger partial charge in [0.25, 0.3) is 0 Å². The van der Waals surface area contributed by atoms with E-state index < -0.39 is 0 Å². The molecule has 9 heteroatoms. The molecule has 0 fully saturated rings. The van der Waals surface area contributed by atoms with Crippen molar-refractivity contribution in [1.29, 1.82) is 0 Å². The van der Waals surface area contributed by atoms with Crippen LogP contribution in [0.3, 0.4) is 0 Å². The molecule has 0 N–H and O–H groups in total. The van der Waals surface area contributed by atoms with E-state index in [4.69, 9.17) is 58.5 Å². The summed E-state index contributed by atoms with van der Waals surface area (Å²) in [5, 5.41) is 1.38. The molecule has 0 bridgehead atoms. The van der Waals surface area contributed by atoms with E-state index in [1.54, 1.807) is 50.6 Å². The van der Waals surface area contributed by atoms with Crippen LogP contribution >= 0.6 is 34.8 Å². The molecule has 35 heavy (non-hydrogen) atoms. The van der Waals surface area contributed by atoms with Gasteiger partial charge in [0, 0.05) is 29.0 Å². The van der Waals surface area contributed by atoms with Crippen molar-refractivity contribution in [3.8, 4) is 28.7 Å². The second-order valence-corrected chi connectivity index (χ2v) is 8.66. The Bertz CT molecular complexity index is 1150. The lowest BCUT2D eigenvalue weighted by atomic mass is 10.1. The summed E-state index contributed by atoms with van der Waals surface area (Å²) >= 11 is 18.2. The van der Waals surface area contributed by atoms with Gasteiger partial charge in [-0.1, -0.05) is 40.9 Å². The molecule has 3 rings (SSSR count). The van der Waals surface area contributed by atoms with Gasteiger partial charge < -0.3 is 23.7 Å². The van der Waals surface area contributed by atoms with E-state index in [1.165, 1.54) is 0 Å². The third-order valence-corrected chi connectivity index (χ3v) is 5.66. The van der Waals surface area contributed by atoms with Gasteiger partial charge in [0.15, 0.2) is 23.0 Å². The van der Waals surface area contributed by atoms with Crippen LogP contribution in [0.4, 0.5) is 0 Å². The number of aryl methyl sites for hydroxylation is 1. The number of hydrogen-bond acceptors (Lipinski definition) is 6. The fourth-order valence-electron chi connectivity index (χ4n) is 3.14. The van der Waals surface area contributed by atoms with Crippen molar-refractivity contribution < 1.29 is 28.5 Å². The number of carbonyl (C=O) groups is 1. The Morgan fingerprint density at radius 1 is 0.743 bits per heavy atom. The molecule has 0 unspecified atom stereocenters. The van der Waals surface area contributed by atoms with Crippen molar-refractivity contribution in [3.63, 3.8) is 0 Å². The number of rotatable bonds is 12. The summed E-state index contributed by atoms with van der Waals surface area (Å²) in [4.78, 5) is 12.1. The molecule has 6 nitrogen and oxygen atoms in total. The maximum atomic E-state index is 12.1. The maximum absolute atomic E-state index is 12.1. The van der Waals surface area contributed by atoms with E-state index >= 15 is 0 Å². The third kappa shape index (κ3) is 8.13. The average molecular weight is 540 g/mol. The van der Waals surface area contributed by atoms with Crippen LogP contribution < -0.4 is 18.9 Å². The van der Waals surface area contributed by atoms with Crippen LogP contribution in [0.1, 0.15) is 18.4 Å². The molecule has 0 aliphatic heterocycles. The second kappa shape index (κ2) is 13.3. The highest BCUT2D eigenvalue weighted by atomic mass is 35.5. The van der Waals surface area contributed by atoms with Crippen molar-refractivity contribution in [2.45, 2.75) is 19.3 Å². The van der Waals surface area contributed by atoms with E-state index in [9.17, 15) is 4.79 Å². The zero-order valence-corrected chi connectivity index (χ0v) is 21.6. The summed E-state index contributed by atoms with van der Waals surface area (Å²) in [6.45, 7) is 0.526. The summed E-state index contributed by atoms with van der Waals surface area (Å²) in [5.74, 6) is 2.31. The number of ether oxygens (including phenoxy) is 5. The highest BCUT2D eigenvalue weighted by Gasteiger charge is 2.11. The third-order valence-electron chi connectivity index (χ3n) is 4.89. The molecule has 0 amide bonds. The first-order valence-electron chi connectivity index (χ1n) is 10.8. The summed E-state index contributed by atoms with van der Waals surface area (Å²) in [6, 6.07) is 15.5. The van der Waals surface area contributed by atoms with E-state index in [1.807, 2.05) is 18.2 Å². The topological polar surface area (TPSA) is 63.2 Å². The first kappa shape index (κ1) is 26.8. The molecule has 0 aliphatic carbocycles. The second-order valence-electron chi connectivity index (χ2n) is 7.38. The molecule has 0 radical (unpaired) electrons. The molecule has 0 atom stereocenters. The normalized spacial score (nSPS) is 10.5. The Labute approximate surface area is 219 Å². The quantitative estimate of drug-likeness (QED) is 0.176. The lowest BCUT2D eigenvalue weighted by molar-refractivity contribution is -0.143. The molecule has 3 aromatic rings. The van der Waals surface area contributed by atoms with Crippen LogP contribution in [0.15, 0.2) is 54.6 Å². The van der Waals surface area contributed by atoms with Crippen molar-refractivity contribution in [1.82, 2.24) is 0 Å². The monoisotopic (exact) mass is 538 g/mol. The lowest BCUT2D eigenvalue weighted by Gasteiger charge is -2.14. The largest absolute Gasteiger partial charge is 0.493 e. The van der Waals surface area contributed by atoms with Gasteiger partial charge in [0.05, 0.1) is 32.5 Å². The Morgan fingerprint density at radius 2 is 1.43 bits per heavy atom. The number of halogens is 3. The molecule has 186 valence electrons. The Morgan fingerprint density at radius 3 is 2.14 bits per heavy atom. The van der Waals surface area contributed by atoms with Gasteiger partial charge in [-0.25, -0.2) is 0 Å². The van der Waals surface area contributed by atoms with E-state index in [-0.39, 0.29) is 19.0 Å². The number of esters is 1. The summed E-state index contributed by atoms with van der Waals surface area (Å²) in [6.07, 6.45) is 1.28. The lowest BCUT2D eigenvalue weighted by Crippen LogP contribution is -2.10. The molecular weight excluding hydrogens is 515 g/mol. The number of carbonyl (C=O) groups excluding carboxylic acids is 1. The van der Waals surface area contributed by atoms with Gasteiger partial charge in [-0.05, 0) is 54.4 Å². The van der Waals surface area contributed by atoms with Crippen LogP contribution in [0, 0.1) is 0 Å². The molecular formula is C26H25Cl3O6. The van der Waals surface area contributed by atoms with Crippen LogP contribution in [-0.2, 0) is 16.0 Å². The SMILES string of the molecule is COc1ccc(CCC(=O)OCCCOc2cc(Cl)ccc2Oc2ccc(Cl)cc2Cl)cc1OC.